The highest BCUT2D eigenvalue weighted by molar-refractivity contribution is 5.48. The number of pyridine rings is 1. The predicted molar refractivity (Wildman–Crippen MR) is 66.7 cm³/mol. The van der Waals surface area contributed by atoms with Gasteiger partial charge in [-0.25, -0.2) is 4.52 Å². The van der Waals surface area contributed by atoms with E-state index in [9.17, 15) is 5.11 Å². The minimum absolute atomic E-state index is 0.293. The lowest BCUT2D eigenvalue weighted by atomic mass is 9.74. The van der Waals surface area contributed by atoms with Crippen LogP contribution in [0.5, 0.6) is 0 Å². The summed E-state index contributed by atoms with van der Waals surface area (Å²) in [7, 11) is 0. The molecule has 2 unspecified atom stereocenters. The fraction of sp³-hybridized carbons (Fsp3) is 0.500. The van der Waals surface area contributed by atoms with E-state index < -0.39 is 5.60 Å². The van der Waals surface area contributed by atoms with Gasteiger partial charge >= 0.3 is 0 Å². The van der Waals surface area contributed by atoms with Gasteiger partial charge in [0.15, 0.2) is 0 Å². The van der Waals surface area contributed by atoms with Crippen molar-refractivity contribution in [2.24, 2.45) is 5.92 Å². The van der Waals surface area contributed by atoms with E-state index in [1.54, 1.807) is 0 Å². The van der Waals surface area contributed by atoms with E-state index in [2.05, 4.69) is 12.0 Å². The number of fused-ring (bicyclic) bond motifs is 1. The summed E-state index contributed by atoms with van der Waals surface area (Å²) in [6.45, 7) is 2.13. The molecule has 2 heterocycles. The first-order valence-corrected chi connectivity index (χ1v) is 6.37. The lowest BCUT2D eigenvalue weighted by molar-refractivity contribution is -0.0507. The summed E-state index contributed by atoms with van der Waals surface area (Å²) in [6, 6.07) is 7.99. The van der Waals surface area contributed by atoms with E-state index in [0.717, 1.165) is 30.5 Å². The van der Waals surface area contributed by atoms with Crippen molar-refractivity contribution in [2.75, 3.05) is 0 Å². The molecule has 2 aromatic heterocycles. The summed E-state index contributed by atoms with van der Waals surface area (Å²) >= 11 is 0. The van der Waals surface area contributed by atoms with Crippen LogP contribution in [0.1, 0.15) is 38.3 Å². The fourth-order valence-electron chi connectivity index (χ4n) is 2.86. The summed E-state index contributed by atoms with van der Waals surface area (Å²) in [5.41, 5.74) is 1.15. The molecule has 0 saturated heterocycles. The van der Waals surface area contributed by atoms with Crippen LogP contribution in [0.15, 0.2) is 30.5 Å². The third-order valence-corrected chi connectivity index (χ3v) is 4.07. The Kier molecular flexibility index (Phi) is 2.44. The normalized spacial score (nSPS) is 29.6. The Morgan fingerprint density at radius 2 is 2.29 bits per heavy atom. The average molecular weight is 230 g/mol. The van der Waals surface area contributed by atoms with Crippen LogP contribution in [0.4, 0.5) is 0 Å². The van der Waals surface area contributed by atoms with Crippen molar-refractivity contribution in [1.82, 2.24) is 9.61 Å². The largest absolute Gasteiger partial charge is 0.383 e. The zero-order valence-corrected chi connectivity index (χ0v) is 10.1. The number of aliphatic hydroxyl groups is 1. The topological polar surface area (TPSA) is 37.5 Å². The lowest BCUT2D eigenvalue weighted by Crippen LogP contribution is -2.36. The van der Waals surface area contributed by atoms with E-state index in [4.69, 9.17) is 0 Å². The molecular weight excluding hydrogens is 212 g/mol. The van der Waals surface area contributed by atoms with Gasteiger partial charge in [0.05, 0.1) is 11.2 Å². The average Bonchev–Trinajstić information content (AvgIpc) is 2.77. The molecule has 0 spiro atoms. The van der Waals surface area contributed by atoms with Gasteiger partial charge in [-0.3, -0.25) is 0 Å². The summed E-state index contributed by atoms with van der Waals surface area (Å²) < 4.78 is 1.84. The zero-order chi connectivity index (χ0) is 11.9. The molecule has 0 aromatic carbocycles. The molecule has 17 heavy (non-hydrogen) atoms. The quantitative estimate of drug-likeness (QED) is 0.818. The van der Waals surface area contributed by atoms with Crippen molar-refractivity contribution in [1.29, 1.82) is 0 Å². The van der Waals surface area contributed by atoms with Gasteiger partial charge < -0.3 is 5.11 Å². The standard InChI is InChI=1S/C14H18N2O/c1-11-6-2-4-8-14(11,17)13-10-12-7-3-5-9-16(12)15-13/h3,5,7,9-11,17H,2,4,6,8H2,1H3. The van der Waals surface area contributed by atoms with Gasteiger partial charge in [-0.05, 0) is 37.0 Å². The molecular formula is C14H18N2O. The molecule has 2 atom stereocenters. The molecule has 0 amide bonds. The van der Waals surface area contributed by atoms with Crippen LogP contribution in [-0.2, 0) is 5.60 Å². The van der Waals surface area contributed by atoms with Crippen molar-refractivity contribution in [3.05, 3.63) is 36.2 Å². The van der Waals surface area contributed by atoms with Crippen molar-refractivity contribution in [2.45, 2.75) is 38.2 Å². The van der Waals surface area contributed by atoms with Crippen molar-refractivity contribution in [3.8, 4) is 0 Å². The van der Waals surface area contributed by atoms with Crippen molar-refractivity contribution >= 4 is 5.52 Å². The molecule has 3 nitrogen and oxygen atoms in total. The minimum Gasteiger partial charge on any atom is -0.383 e. The van der Waals surface area contributed by atoms with Crippen LogP contribution in [0.25, 0.3) is 5.52 Å². The van der Waals surface area contributed by atoms with Gasteiger partial charge in [-0.2, -0.15) is 5.10 Å². The Labute approximate surface area is 101 Å². The number of hydrogen-bond donors (Lipinski definition) is 1. The molecule has 1 N–H and O–H groups in total. The van der Waals surface area contributed by atoms with E-state index >= 15 is 0 Å². The minimum atomic E-state index is -0.732. The fourth-order valence-corrected chi connectivity index (χ4v) is 2.86. The van der Waals surface area contributed by atoms with Crippen LogP contribution in [0, 0.1) is 5.92 Å². The summed E-state index contributed by atoms with van der Waals surface area (Å²) in [5, 5.41) is 15.4. The zero-order valence-electron chi connectivity index (χ0n) is 10.1. The maximum Gasteiger partial charge on any atom is 0.111 e. The Hall–Kier alpha value is -1.35. The third-order valence-electron chi connectivity index (χ3n) is 4.07. The second-order valence-corrected chi connectivity index (χ2v) is 5.17. The van der Waals surface area contributed by atoms with Crippen LogP contribution in [0.3, 0.4) is 0 Å². The number of rotatable bonds is 1. The first-order valence-electron chi connectivity index (χ1n) is 6.37. The Balaban J connectivity index is 2.07. The second kappa shape index (κ2) is 3.84. The van der Waals surface area contributed by atoms with Crippen LogP contribution >= 0.6 is 0 Å². The first-order chi connectivity index (χ1) is 8.20. The Bertz CT molecular complexity index is 501. The van der Waals surface area contributed by atoms with Gasteiger partial charge in [0.2, 0.25) is 0 Å². The molecule has 1 aliphatic rings. The van der Waals surface area contributed by atoms with Crippen LogP contribution < -0.4 is 0 Å². The predicted octanol–water partition coefficient (Wildman–Crippen LogP) is 2.73. The van der Waals surface area contributed by atoms with Crippen LogP contribution in [0.2, 0.25) is 0 Å². The highest BCUT2D eigenvalue weighted by Crippen LogP contribution is 2.40. The molecule has 90 valence electrons. The number of hydrogen-bond acceptors (Lipinski definition) is 2. The number of nitrogens with zero attached hydrogens (tertiary/aromatic N) is 2. The highest BCUT2D eigenvalue weighted by atomic mass is 16.3. The Morgan fingerprint density at radius 1 is 1.41 bits per heavy atom. The molecule has 2 aromatic rings. The highest BCUT2D eigenvalue weighted by Gasteiger charge is 2.39. The molecule has 1 fully saturated rings. The van der Waals surface area contributed by atoms with Gasteiger partial charge in [-0.15, -0.1) is 0 Å². The van der Waals surface area contributed by atoms with Gasteiger partial charge in [-0.1, -0.05) is 25.8 Å². The van der Waals surface area contributed by atoms with E-state index in [0.29, 0.717) is 5.92 Å². The summed E-state index contributed by atoms with van der Waals surface area (Å²) in [5.74, 6) is 0.293. The van der Waals surface area contributed by atoms with Crippen LogP contribution in [-0.4, -0.2) is 14.7 Å². The summed E-state index contributed by atoms with van der Waals surface area (Å²) in [4.78, 5) is 0. The first kappa shape index (κ1) is 10.8. The second-order valence-electron chi connectivity index (χ2n) is 5.17. The van der Waals surface area contributed by atoms with E-state index in [-0.39, 0.29) is 0 Å². The molecule has 1 aliphatic carbocycles. The smallest absolute Gasteiger partial charge is 0.111 e. The maximum atomic E-state index is 10.8. The molecule has 0 aliphatic heterocycles. The molecule has 0 bridgehead atoms. The van der Waals surface area contributed by atoms with Crippen molar-refractivity contribution < 1.29 is 5.11 Å². The third kappa shape index (κ3) is 1.65. The molecule has 3 heteroatoms. The maximum absolute atomic E-state index is 10.8. The van der Waals surface area contributed by atoms with Gasteiger partial charge in [0.25, 0.3) is 0 Å². The summed E-state index contributed by atoms with van der Waals surface area (Å²) in [6.07, 6.45) is 6.16. The van der Waals surface area contributed by atoms with E-state index in [1.165, 1.54) is 6.42 Å². The molecule has 1 saturated carbocycles. The molecule has 3 rings (SSSR count). The van der Waals surface area contributed by atoms with Gasteiger partial charge in [0.1, 0.15) is 5.60 Å². The lowest BCUT2D eigenvalue weighted by Gasteiger charge is -2.36. The monoisotopic (exact) mass is 230 g/mol. The Morgan fingerprint density at radius 3 is 3.06 bits per heavy atom. The molecule has 0 radical (unpaired) electrons. The SMILES string of the molecule is CC1CCCCC1(O)c1cc2ccccn2n1. The number of aromatic nitrogens is 2. The van der Waals surface area contributed by atoms with Gasteiger partial charge in [0, 0.05) is 6.20 Å². The van der Waals surface area contributed by atoms with E-state index in [1.807, 2.05) is 35.0 Å². The van der Waals surface area contributed by atoms with Crippen molar-refractivity contribution in [3.63, 3.8) is 0 Å².